The fraction of sp³-hybridized carbons (Fsp3) is 0. The van der Waals surface area contributed by atoms with Crippen LogP contribution in [-0.2, 0) is 12.6 Å². The lowest BCUT2D eigenvalue weighted by Crippen LogP contribution is -2.23. The van der Waals surface area contributed by atoms with Gasteiger partial charge in [0.05, 0.1) is 11.7 Å². The van der Waals surface area contributed by atoms with E-state index in [0.717, 1.165) is 11.5 Å². The molecule has 0 radical (unpaired) electrons. The van der Waals surface area contributed by atoms with Gasteiger partial charge in [0.1, 0.15) is 0 Å². The van der Waals surface area contributed by atoms with Gasteiger partial charge in [0, 0.05) is 0 Å². The Morgan fingerprint density at radius 2 is 2.44 bits per heavy atom. The van der Waals surface area contributed by atoms with Gasteiger partial charge in [0.2, 0.25) is 0 Å². The topological polar surface area (TPSA) is 65.9 Å². The molecule has 0 aliphatic rings. The number of aromatic carboxylic acids is 1. The van der Waals surface area contributed by atoms with E-state index in [0.29, 0.717) is 0 Å². The summed E-state index contributed by atoms with van der Waals surface area (Å²) in [5, 5.41) is 13.2. The van der Waals surface area contributed by atoms with Crippen molar-refractivity contribution in [1.29, 1.82) is 0 Å². The van der Waals surface area contributed by atoms with Crippen LogP contribution >= 0.6 is 11.5 Å². The van der Waals surface area contributed by atoms with Crippen molar-refractivity contribution in [2.24, 2.45) is 0 Å². The summed E-state index contributed by atoms with van der Waals surface area (Å²) >= 11 is 5.40. The molecule has 0 aromatic carbocycles. The van der Waals surface area contributed by atoms with Crippen LogP contribution in [0, 0.1) is 0 Å². The standard InChI is InChI=1S/C3H2N2O2S2/c6-2(7)1-3(8)9-5-4-1/h8H,(H,6,7)/p-2. The Morgan fingerprint density at radius 3 is 2.67 bits per heavy atom. The van der Waals surface area contributed by atoms with Crippen molar-refractivity contribution in [3.8, 4) is 0 Å². The molecule has 0 saturated carbocycles. The first-order chi connectivity index (χ1) is 4.22. The highest BCUT2D eigenvalue weighted by atomic mass is 32.2. The maximum Gasteiger partial charge on any atom is 0.0974 e. The van der Waals surface area contributed by atoms with Crippen molar-refractivity contribution in [3.05, 3.63) is 5.69 Å². The number of carboxylic acid groups (broad SMARTS) is 1. The van der Waals surface area contributed by atoms with E-state index in [1.54, 1.807) is 0 Å². The van der Waals surface area contributed by atoms with E-state index in [1.807, 2.05) is 0 Å². The normalized spacial score (nSPS) is 9.33. The number of carbonyl (C=O) groups excluding carboxylic acids is 1. The Balaban J connectivity index is 3.08. The minimum absolute atomic E-state index is 0.162. The van der Waals surface area contributed by atoms with Gasteiger partial charge >= 0.3 is 0 Å². The summed E-state index contributed by atoms with van der Waals surface area (Å²) < 4.78 is 3.47. The van der Waals surface area contributed by atoms with Crippen LogP contribution in [0.25, 0.3) is 0 Å². The third-order valence-corrected chi connectivity index (χ3v) is 1.59. The molecule has 0 saturated heterocycles. The third kappa shape index (κ3) is 1.14. The lowest BCUT2D eigenvalue weighted by Gasteiger charge is -1.98. The molecule has 0 fully saturated rings. The van der Waals surface area contributed by atoms with Gasteiger partial charge in [-0.1, -0.05) is 4.21 Å². The Kier molecular flexibility index (Phi) is 1.58. The molecule has 6 heteroatoms. The zero-order valence-electron chi connectivity index (χ0n) is 4.03. The summed E-state index contributed by atoms with van der Waals surface area (Å²) in [5.41, 5.74) is -0.241. The van der Waals surface area contributed by atoms with Gasteiger partial charge in [0.25, 0.3) is 0 Å². The molecular formula is C3N2O2S2-2. The van der Waals surface area contributed by atoms with E-state index in [2.05, 4.69) is 22.2 Å². The predicted octanol–water partition coefficient (Wildman–Crippen LogP) is -1.19. The molecule has 48 valence electrons. The summed E-state index contributed by atoms with van der Waals surface area (Å²) in [4.78, 5) is 10.0. The Hall–Kier alpha value is -0.750. The zero-order chi connectivity index (χ0) is 6.85. The summed E-state index contributed by atoms with van der Waals surface area (Å²) in [5.74, 6) is -1.37. The maximum atomic E-state index is 10.0. The van der Waals surface area contributed by atoms with Crippen molar-refractivity contribution in [2.75, 3.05) is 0 Å². The van der Waals surface area contributed by atoms with Gasteiger partial charge < -0.3 is 22.5 Å². The summed E-state index contributed by atoms with van der Waals surface area (Å²) in [6, 6.07) is 0. The van der Waals surface area contributed by atoms with Crippen LogP contribution in [0.4, 0.5) is 0 Å². The highest BCUT2D eigenvalue weighted by Crippen LogP contribution is 2.06. The molecule has 0 spiro atoms. The minimum atomic E-state index is -1.37. The molecule has 1 rings (SSSR count). The number of rotatable bonds is 1. The van der Waals surface area contributed by atoms with Gasteiger partial charge in [-0.2, -0.15) is 5.10 Å². The van der Waals surface area contributed by atoms with Crippen molar-refractivity contribution in [2.45, 2.75) is 4.21 Å². The van der Waals surface area contributed by atoms with Gasteiger partial charge in [-0.3, -0.25) is 0 Å². The SMILES string of the molecule is O=C([O-])c1nnsc1[S-]. The second-order valence-electron chi connectivity index (χ2n) is 1.20. The van der Waals surface area contributed by atoms with E-state index in [-0.39, 0.29) is 9.90 Å². The van der Waals surface area contributed by atoms with E-state index >= 15 is 0 Å². The molecule has 0 aliphatic carbocycles. The second kappa shape index (κ2) is 2.24. The van der Waals surface area contributed by atoms with Crippen LogP contribution in [0.15, 0.2) is 4.21 Å². The third-order valence-electron chi connectivity index (χ3n) is 0.651. The van der Waals surface area contributed by atoms with Gasteiger partial charge in [-0.05, 0) is 0 Å². The van der Waals surface area contributed by atoms with Crippen LogP contribution in [0.2, 0.25) is 0 Å². The molecule has 0 unspecified atom stereocenters. The molecule has 0 bridgehead atoms. The molecule has 0 N–H and O–H groups in total. The van der Waals surface area contributed by atoms with Gasteiger partial charge in [-0.15, -0.1) is 0 Å². The first-order valence-corrected chi connectivity index (χ1v) is 3.10. The number of carbonyl (C=O) groups is 1. The predicted molar refractivity (Wildman–Crippen MR) is 29.9 cm³/mol. The lowest BCUT2D eigenvalue weighted by atomic mass is 10.5. The van der Waals surface area contributed by atoms with Crippen molar-refractivity contribution >= 4 is 30.1 Å². The largest absolute Gasteiger partial charge is 0.543 e. The van der Waals surface area contributed by atoms with Crippen LogP contribution in [-0.4, -0.2) is 15.6 Å². The monoisotopic (exact) mass is 160 g/mol. The lowest BCUT2D eigenvalue weighted by molar-refractivity contribution is -0.255. The highest BCUT2D eigenvalue weighted by molar-refractivity contribution is 7.62. The average molecular weight is 160 g/mol. The molecule has 0 amide bonds. The van der Waals surface area contributed by atoms with Crippen molar-refractivity contribution in [3.63, 3.8) is 0 Å². The Morgan fingerprint density at radius 1 is 1.78 bits per heavy atom. The first-order valence-electron chi connectivity index (χ1n) is 1.92. The van der Waals surface area contributed by atoms with Crippen LogP contribution in [0.1, 0.15) is 10.5 Å². The number of nitrogens with zero attached hydrogens (tertiary/aromatic N) is 2. The van der Waals surface area contributed by atoms with E-state index in [4.69, 9.17) is 0 Å². The molecule has 1 aromatic heterocycles. The molecular weight excluding hydrogens is 160 g/mol. The average Bonchev–Trinajstić information content (AvgIpc) is 2.13. The fourth-order valence-electron chi connectivity index (χ4n) is 0.307. The molecule has 0 atom stereocenters. The smallest absolute Gasteiger partial charge is 0.0974 e. The van der Waals surface area contributed by atoms with Gasteiger partial charge in [0.15, 0.2) is 0 Å². The van der Waals surface area contributed by atoms with Crippen molar-refractivity contribution in [1.82, 2.24) is 9.59 Å². The highest BCUT2D eigenvalue weighted by Gasteiger charge is 1.94. The van der Waals surface area contributed by atoms with Crippen LogP contribution in [0.5, 0.6) is 0 Å². The molecule has 1 aromatic rings. The molecule has 9 heavy (non-hydrogen) atoms. The molecule has 0 aliphatic heterocycles. The number of carboxylic acids is 1. The van der Waals surface area contributed by atoms with Gasteiger partial charge in [-0.25, -0.2) is 16.0 Å². The number of hydrogen-bond donors (Lipinski definition) is 0. The van der Waals surface area contributed by atoms with Crippen LogP contribution in [0.3, 0.4) is 0 Å². The van der Waals surface area contributed by atoms with E-state index < -0.39 is 5.97 Å². The zero-order valence-corrected chi connectivity index (χ0v) is 5.66. The summed E-state index contributed by atoms with van der Waals surface area (Å²) in [6.07, 6.45) is 0. The Bertz CT molecular complexity index is 233. The van der Waals surface area contributed by atoms with Crippen molar-refractivity contribution < 1.29 is 9.90 Å². The first kappa shape index (κ1) is 6.37. The molecule has 1 heterocycles. The summed E-state index contributed by atoms with van der Waals surface area (Å²) in [6.45, 7) is 0. The maximum absolute atomic E-state index is 10.0. The number of aromatic nitrogens is 2. The van der Waals surface area contributed by atoms with E-state index in [9.17, 15) is 9.90 Å². The Labute approximate surface area is 60.1 Å². The van der Waals surface area contributed by atoms with E-state index in [1.165, 1.54) is 0 Å². The minimum Gasteiger partial charge on any atom is -0.543 e. The summed E-state index contributed by atoms with van der Waals surface area (Å²) in [7, 11) is 0. The fourth-order valence-corrected chi connectivity index (χ4v) is 0.938. The molecule has 4 nitrogen and oxygen atoms in total. The number of hydrogen-bond acceptors (Lipinski definition) is 6. The van der Waals surface area contributed by atoms with Crippen LogP contribution < -0.4 is 5.11 Å². The quantitative estimate of drug-likeness (QED) is 0.483. The second-order valence-corrected chi connectivity index (χ2v) is 2.62.